The molecule has 3 aromatic carbocycles. The number of aryl methyl sites for hydroxylation is 2. The minimum atomic E-state index is -0.131. The lowest BCUT2D eigenvalue weighted by Crippen LogP contribution is -2.12. The number of hydrogen-bond acceptors (Lipinski definition) is 4. The molecule has 4 aromatic rings. The molecule has 1 aromatic heterocycles. The fourth-order valence-corrected chi connectivity index (χ4v) is 4.71. The molecule has 5 rings (SSSR count). The average molecular weight is 386 g/mol. The molecule has 0 bridgehead atoms. The Morgan fingerprint density at radius 1 is 1.07 bits per heavy atom. The molecule has 0 atom stereocenters. The standard InChI is InChI=1S/C23H18N2O2S/c1-27-16-11-9-15-10-12-20-21(19(15)13-16)24-23(28-20)25-22(26)18-8-4-6-14-5-2-3-7-17(14)18/h2-9,11,13H,10,12H2,1H3,(H,24,25,26). The summed E-state index contributed by atoms with van der Waals surface area (Å²) in [5, 5.41) is 5.64. The first kappa shape index (κ1) is 17.0. The molecule has 1 amide bonds. The van der Waals surface area contributed by atoms with Crippen LogP contribution in [0.3, 0.4) is 0 Å². The van der Waals surface area contributed by atoms with E-state index in [4.69, 9.17) is 9.72 Å². The molecule has 0 unspecified atom stereocenters. The maximum Gasteiger partial charge on any atom is 0.258 e. The Bertz CT molecular complexity index is 1210. The first-order valence-electron chi connectivity index (χ1n) is 9.19. The summed E-state index contributed by atoms with van der Waals surface area (Å²) in [6, 6.07) is 19.8. The monoisotopic (exact) mass is 386 g/mol. The summed E-state index contributed by atoms with van der Waals surface area (Å²) in [5.74, 6) is 0.690. The summed E-state index contributed by atoms with van der Waals surface area (Å²) in [7, 11) is 1.67. The normalized spacial score (nSPS) is 12.3. The van der Waals surface area contributed by atoms with Gasteiger partial charge in [0.05, 0.1) is 12.8 Å². The van der Waals surface area contributed by atoms with Gasteiger partial charge in [0.2, 0.25) is 0 Å². The molecule has 0 radical (unpaired) electrons. The molecule has 1 aliphatic rings. The molecule has 0 fully saturated rings. The maximum atomic E-state index is 12.9. The minimum Gasteiger partial charge on any atom is -0.497 e. The topological polar surface area (TPSA) is 51.2 Å². The molecule has 1 aliphatic carbocycles. The highest BCUT2D eigenvalue weighted by Crippen LogP contribution is 2.39. The molecule has 1 heterocycles. The van der Waals surface area contributed by atoms with Crippen LogP contribution >= 0.6 is 11.3 Å². The third-order valence-electron chi connectivity index (χ3n) is 5.15. The van der Waals surface area contributed by atoms with Crippen molar-refractivity contribution in [1.29, 1.82) is 0 Å². The number of benzene rings is 3. The Balaban J connectivity index is 1.49. The van der Waals surface area contributed by atoms with Gasteiger partial charge in [-0.3, -0.25) is 10.1 Å². The van der Waals surface area contributed by atoms with Crippen LogP contribution in [0.1, 0.15) is 20.8 Å². The van der Waals surface area contributed by atoms with Gasteiger partial charge in [-0.25, -0.2) is 4.98 Å². The molecule has 1 N–H and O–H groups in total. The largest absolute Gasteiger partial charge is 0.497 e. The second-order valence-corrected chi connectivity index (χ2v) is 7.88. The second-order valence-electron chi connectivity index (χ2n) is 6.79. The van der Waals surface area contributed by atoms with Gasteiger partial charge in [-0.2, -0.15) is 0 Å². The smallest absolute Gasteiger partial charge is 0.258 e. The Labute approximate surface area is 166 Å². The zero-order chi connectivity index (χ0) is 19.1. The summed E-state index contributed by atoms with van der Waals surface area (Å²) >= 11 is 1.56. The number of thiazole rings is 1. The van der Waals surface area contributed by atoms with Crippen LogP contribution in [0.15, 0.2) is 60.7 Å². The van der Waals surface area contributed by atoms with Gasteiger partial charge in [-0.05, 0) is 47.4 Å². The highest BCUT2D eigenvalue weighted by atomic mass is 32.1. The summed E-state index contributed by atoms with van der Waals surface area (Å²) in [5.41, 5.74) is 3.99. The van der Waals surface area contributed by atoms with Crippen molar-refractivity contribution < 1.29 is 9.53 Å². The van der Waals surface area contributed by atoms with Gasteiger partial charge < -0.3 is 4.74 Å². The number of aromatic nitrogens is 1. The lowest BCUT2D eigenvalue weighted by molar-refractivity contribution is 0.102. The van der Waals surface area contributed by atoms with Crippen molar-refractivity contribution in [2.24, 2.45) is 0 Å². The highest BCUT2D eigenvalue weighted by molar-refractivity contribution is 7.16. The van der Waals surface area contributed by atoms with Crippen LogP contribution in [0, 0.1) is 0 Å². The van der Waals surface area contributed by atoms with Crippen LogP contribution in [0.5, 0.6) is 5.75 Å². The first-order valence-corrected chi connectivity index (χ1v) is 10.0. The van der Waals surface area contributed by atoms with Gasteiger partial charge in [0.25, 0.3) is 5.91 Å². The van der Waals surface area contributed by atoms with E-state index >= 15 is 0 Å². The number of methoxy groups -OCH3 is 1. The summed E-state index contributed by atoms with van der Waals surface area (Å²) in [6.45, 7) is 0. The Morgan fingerprint density at radius 3 is 2.82 bits per heavy atom. The van der Waals surface area contributed by atoms with Crippen molar-refractivity contribution in [2.75, 3.05) is 12.4 Å². The fourth-order valence-electron chi connectivity index (χ4n) is 3.74. The van der Waals surface area contributed by atoms with E-state index in [-0.39, 0.29) is 5.91 Å². The molecule has 28 heavy (non-hydrogen) atoms. The zero-order valence-electron chi connectivity index (χ0n) is 15.4. The number of hydrogen-bond donors (Lipinski definition) is 1. The number of anilines is 1. The fraction of sp³-hybridized carbons (Fsp3) is 0.130. The summed E-state index contributed by atoms with van der Waals surface area (Å²) < 4.78 is 5.37. The molecule has 0 saturated heterocycles. The van der Waals surface area contributed by atoms with Crippen molar-refractivity contribution in [3.63, 3.8) is 0 Å². The Kier molecular flexibility index (Phi) is 4.10. The number of fused-ring (bicyclic) bond motifs is 4. The quantitative estimate of drug-likeness (QED) is 0.518. The van der Waals surface area contributed by atoms with E-state index in [0.29, 0.717) is 10.7 Å². The van der Waals surface area contributed by atoms with Gasteiger partial charge in [-0.1, -0.05) is 42.5 Å². The van der Waals surface area contributed by atoms with Crippen LogP contribution in [0.25, 0.3) is 22.0 Å². The van der Waals surface area contributed by atoms with Crippen molar-refractivity contribution in [3.8, 4) is 17.0 Å². The summed E-state index contributed by atoms with van der Waals surface area (Å²) in [4.78, 5) is 18.9. The predicted octanol–water partition coefficient (Wildman–Crippen LogP) is 5.32. The lowest BCUT2D eigenvalue weighted by atomic mass is 9.93. The SMILES string of the molecule is COc1ccc2c(c1)-c1nc(NC(=O)c3cccc4ccccc34)sc1CC2. The molecule has 138 valence electrons. The Morgan fingerprint density at radius 2 is 1.93 bits per heavy atom. The molecule has 0 spiro atoms. The first-order chi connectivity index (χ1) is 13.7. The number of nitrogens with one attached hydrogen (secondary N) is 1. The third kappa shape index (κ3) is 2.84. The van der Waals surface area contributed by atoms with Gasteiger partial charge >= 0.3 is 0 Å². The third-order valence-corrected chi connectivity index (χ3v) is 6.18. The molecule has 0 saturated carbocycles. The van der Waals surface area contributed by atoms with E-state index in [1.807, 2.05) is 54.6 Å². The number of carbonyl (C=O) groups excluding carboxylic acids is 1. The zero-order valence-corrected chi connectivity index (χ0v) is 16.2. The number of amides is 1. The van der Waals surface area contributed by atoms with E-state index in [1.54, 1.807) is 18.4 Å². The van der Waals surface area contributed by atoms with Crippen LogP contribution in [0.2, 0.25) is 0 Å². The molecule has 5 heteroatoms. The van der Waals surface area contributed by atoms with E-state index in [9.17, 15) is 4.79 Å². The second kappa shape index (κ2) is 6.77. The highest BCUT2D eigenvalue weighted by Gasteiger charge is 2.22. The maximum absolute atomic E-state index is 12.9. The van der Waals surface area contributed by atoms with E-state index in [0.717, 1.165) is 40.6 Å². The predicted molar refractivity (Wildman–Crippen MR) is 113 cm³/mol. The van der Waals surface area contributed by atoms with Crippen molar-refractivity contribution in [2.45, 2.75) is 12.8 Å². The van der Waals surface area contributed by atoms with Gasteiger partial charge in [0.15, 0.2) is 5.13 Å². The van der Waals surface area contributed by atoms with Crippen LogP contribution < -0.4 is 10.1 Å². The van der Waals surface area contributed by atoms with Crippen LogP contribution in [0.4, 0.5) is 5.13 Å². The molecule has 4 nitrogen and oxygen atoms in total. The van der Waals surface area contributed by atoms with E-state index in [1.165, 1.54) is 10.4 Å². The molecular weight excluding hydrogens is 368 g/mol. The van der Waals surface area contributed by atoms with Gasteiger partial charge in [0, 0.05) is 16.0 Å². The summed E-state index contributed by atoms with van der Waals surface area (Å²) in [6.07, 6.45) is 1.92. The van der Waals surface area contributed by atoms with Crippen LogP contribution in [-0.4, -0.2) is 18.0 Å². The van der Waals surface area contributed by atoms with Crippen molar-refractivity contribution in [3.05, 3.63) is 76.7 Å². The van der Waals surface area contributed by atoms with Crippen molar-refractivity contribution in [1.82, 2.24) is 4.98 Å². The number of rotatable bonds is 3. The minimum absolute atomic E-state index is 0.131. The number of nitrogens with zero attached hydrogens (tertiary/aromatic N) is 1. The van der Waals surface area contributed by atoms with Gasteiger partial charge in [0.1, 0.15) is 5.75 Å². The van der Waals surface area contributed by atoms with Gasteiger partial charge in [-0.15, -0.1) is 11.3 Å². The average Bonchev–Trinajstić information content (AvgIpc) is 3.15. The lowest BCUT2D eigenvalue weighted by Gasteiger charge is -2.15. The van der Waals surface area contributed by atoms with E-state index < -0.39 is 0 Å². The Hall–Kier alpha value is -3.18. The van der Waals surface area contributed by atoms with Crippen molar-refractivity contribution >= 4 is 33.1 Å². The van der Waals surface area contributed by atoms with E-state index in [2.05, 4.69) is 11.4 Å². The molecular formula is C23H18N2O2S. The number of carbonyl (C=O) groups is 1. The molecule has 0 aliphatic heterocycles. The van der Waals surface area contributed by atoms with Crippen LogP contribution in [-0.2, 0) is 12.8 Å². The number of ether oxygens (including phenoxy) is 1.